The predicted molar refractivity (Wildman–Crippen MR) is 176 cm³/mol. The second kappa shape index (κ2) is 19.6. The summed E-state index contributed by atoms with van der Waals surface area (Å²) in [6.45, 7) is 3.80. The minimum absolute atomic E-state index is 0. The molecule has 0 spiro atoms. The van der Waals surface area contributed by atoms with Gasteiger partial charge in [0.15, 0.2) is 0 Å². The first-order valence-electron chi connectivity index (χ1n) is 13.8. The molecule has 4 aromatic carbocycles. The molecule has 3 unspecified atom stereocenters. The van der Waals surface area contributed by atoms with Crippen LogP contribution in [0.5, 0.6) is 23.0 Å². The molecule has 4 aromatic rings. The Labute approximate surface area is 302 Å². The number of phenols is 2. The maximum Gasteiger partial charge on any atom is 1.00 e. The van der Waals surface area contributed by atoms with E-state index in [0.717, 1.165) is 41.1 Å². The summed E-state index contributed by atoms with van der Waals surface area (Å²) in [5.74, 6) is 2.97. The zero-order valence-electron chi connectivity index (χ0n) is 25.3. The first kappa shape index (κ1) is 37.4. The van der Waals surface area contributed by atoms with Crippen molar-refractivity contribution in [1.29, 1.82) is 0 Å². The number of hydrogen-bond acceptors (Lipinski definition) is 9. The fourth-order valence-electron chi connectivity index (χ4n) is 3.37. The van der Waals surface area contributed by atoms with Gasteiger partial charge in [-0.25, -0.2) is 0 Å². The molecule has 45 heavy (non-hydrogen) atoms. The molecular formula is C34H38ClNaO7S2. The number of alkyl halides is 1. The van der Waals surface area contributed by atoms with Crippen LogP contribution in [0.3, 0.4) is 0 Å². The Morgan fingerprint density at radius 1 is 0.578 bits per heavy atom. The molecule has 0 amide bonds. The molecule has 236 valence electrons. The van der Waals surface area contributed by atoms with Crippen molar-refractivity contribution in [3.63, 3.8) is 0 Å². The number of aromatic hydroxyl groups is 2. The van der Waals surface area contributed by atoms with Gasteiger partial charge in [0, 0.05) is 19.6 Å². The van der Waals surface area contributed by atoms with Gasteiger partial charge in [0.2, 0.25) is 0 Å². The van der Waals surface area contributed by atoms with Crippen LogP contribution in [-0.2, 0) is 14.2 Å². The molecule has 3 saturated heterocycles. The summed E-state index contributed by atoms with van der Waals surface area (Å²) in [5, 5.41) is 18.2. The predicted octanol–water partition coefficient (Wildman–Crippen LogP) is 5.02. The van der Waals surface area contributed by atoms with Gasteiger partial charge >= 0.3 is 29.6 Å². The molecule has 3 atom stereocenters. The quantitative estimate of drug-likeness (QED) is 0.129. The third-order valence-electron chi connectivity index (χ3n) is 6.04. The molecule has 3 fully saturated rings. The summed E-state index contributed by atoms with van der Waals surface area (Å²) in [5.41, 5.74) is 0. The third-order valence-corrected chi connectivity index (χ3v) is 8.42. The van der Waals surface area contributed by atoms with E-state index < -0.39 is 0 Å². The molecule has 3 aliphatic heterocycles. The van der Waals surface area contributed by atoms with E-state index in [-0.39, 0.29) is 62.1 Å². The van der Waals surface area contributed by atoms with Crippen LogP contribution in [0.4, 0.5) is 0 Å². The van der Waals surface area contributed by atoms with Gasteiger partial charge in [0.25, 0.3) is 0 Å². The van der Waals surface area contributed by atoms with Crippen molar-refractivity contribution in [2.45, 2.75) is 45.3 Å². The van der Waals surface area contributed by atoms with E-state index in [4.69, 9.17) is 45.5 Å². The zero-order chi connectivity index (χ0) is 29.9. The first-order chi connectivity index (χ1) is 21.0. The maximum atomic E-state index is 9.12. The minimum Gasteiger partial charge on any atom is -1.00 e. The standard InChI is InChI=1S/C18H18O4S.C12H10O2S.C3H5ClO.CH4.Na.H/c1-5-17(6-2-13(1)19-9-15-11-21-15)23-18-7-3-14(4-8-18)20-10-16-12-22-16;13-9-1-5-11(6-2-9)15-12-7-3-10(14)4-8-12;4-1-3-2-5-3;;;/h1-8,15-16H,9-12H2;1-8,13-14H;3H,1-2H2;1H4;;/q;;;;+1;-1. The second-order valence-electron chi connectivity index (χ2n) is 9.78. The number of rotatable bonds is 11. The van der Waals surface area contributed by atoms with Crippen molar-refractivity contribution < 1.29 is 64.9 Å². The number of ether oxygens (including phenoxy) is 5. The van der Waals surface area contributed by atoms with E-state index in [1.165, 1.54) is 9.79 Å². The fourth-order valence-corrected chi connectivity index (χ4v) is 5.18. The minimum atomic E-state index is 0. The molecule has 0 aliphatic carbocycles. The van der Waals surface area contributed by atoms with E-state index >= 15 is 0 Å². The fraction of sp³-hybridized carbons (Fsp3) is 0.294. The zero-order valence-corrected chi connectivity index (χ0v) is 28.7. The molecule has 7 rings (SSSR count). The van der Waals surface area contributed by atoms with Crippen molar-refractivity contribution in [3.8, 4) is 23.0 Å². The van der Waals surface area contributed by atoms with Gasteiger partial charge in [0.1, 0.15) is 48.4 Å². The van der Waals surface area contributed by atoms with Gasteiger partial charge in [0.05, 0.1) is 31.8 Å². The summed E-state index contributed by atoms with van der Waals surface area (Å²) >= 11 is 8.57. The monoisotopic (exact) mass is 680 g/mol. The van der Waals surface area contributed by atoms with Gasteiger partial charge in [-0.1, -0.05) is 31.0 Å². The summed E-state index contributed by atoms with van der Waals surface area (Å²) < 4.78 is 26.3. The molecule has 0 aromatic heterocycles. The topological polar surface area (TPSA) is 96.5 Å². The van der Waals surface area contributed by atoms with Crippen LogP contribution in [0, 0.1) is 0 Å². The molecule has 11 heteroatoms. The molecular weight excluding hydrogens is 643 g/mol. The molecule has 0 radical (unpaired) electrons. The molecule has 2 N–H and O–H groups in total. The van der Waals surface area contributed by atoms with Crippen LogP contribution >= 0.6 is 35.1 Å². The van der Waals surface area contributed by atoms with E-state index in [0.29, 0.717) is 25.2 Å². The van der Waals surface area contributed by atoms with Crippen molar-refractivity contribution in [2.75, 3.05) is 38.9 Å². The molecule has 0 saturated carbocycles. The number of halogens is 1. The van der Waals surface area contributed by atoms with E-state index in [2.05, 4.69) is 24.3 Å². The van der Waals surface area contributed by atoms with Crippen LogP contribution in [-0.4, -0.2) is 67.4 Å². The Morgan fingerprint density at radius 3 is 1.11 bits per heavy atom. The van der Waals surface area contributed by atoms with Crippen molar-refractivity contribution in [3.05, 3.63) is 97.1 Å². The molecule has 3 heterocycles. The summed E-state index contributed by atoms with van der Waals surface area (Å²) in [4.78, 5) is 4.47. The second-order valence-corrected chi connectivity index (χ2v) is 12.4. The maximum absolute atomic E-state index is 9.12. The Morgan fingerprint density at radius 2 is 0.867 bits per heavy atom. The van der Waals surface area contributed by atoms with Crippen molar-refractivity contribution >= 4 is 35.1 Å². The Kier molecular flexibility index (Phi) is 16.3. The van der Waals surface area contributed by atoms with Gasteiger partial charge in [-0.3, -0.25) is 0 Å². The van der Waals surface area contributed by atoms with E-state index in [1.54, 1.807) is 47.8 Å². The third kappa shape index (κ3) is 14.9. The molecule has 7 nitrogen and oxygen atoms in total. The summed E-state index contributed by atoms with van der Waals surface area (Å²) in [7, 11) is 0. The summed E-state index contributed by atoms with van der Waals surface area (Å²) in [6.07, 6.45) is 0.976. The van der Waals surface area contributed by atoms with Crippen molar-refractivity contribution in [1.82, 2.24) is 0 Å². The van der Waals surface area contributed by atoms with Gasteiger partial charge in [-0.05, 0) is 97.1 Å². The average Bonchev–Trinajstić information content (AvgIpc) is 3.89. The number of benzene rings is 4. The summed E-state index contributed by atoms with van der Waals surface area (Å²) in [6, 6.07) is 30.3. The van der Waals surface area contributed by atoms with Gasteiger partial charge in [-0.15, -0.1) is 11.6 Å². The first-order valence-corrected chi connectivity index (χ1v) is 16.0. The Bertz CT molecular complexity index is 1290. The van der Waals surface area contributed by atoms with Crippen LogP contribution in [0.1, 0.15) is 8.85 Å². The van der Waals surface area contributed by atoms with Gasteiger partial charge in [-0.2, -0.15) is 0 Å². The molecule has 3 aliphatic rings. The average molecular weight is 681 g/mol. The Hall–Kier alpha value is -2.05. The van der Waals surface area contributed by atoms with Gasteiger partial charge < -0.3 is 35.3 Å². The Balaban J connectivity index is 0.000000277. The number of epoxide rings is 3. The van der Waals surface area contributed by atoms with Crippen LogP contribution < -0.4 is 39.0 Å². The van der Waals surface area contributed by atoms with Crippen LogP contribution in [0.25, 0.3) is 0 Å². The van der Waals surface area contributed by atoms with Crippen LogP contribution in [0.15, 0.2) is 117 Å². The largest absolute Gasteiger partial charge is 1.00 e. The number of phenolic OH excluding ortho intramolecular Hbond substituents is 2. The SMILES string of the molecule is C.ClCC1CO1.Oc1ccc(Sc2ccc(O)cc2)cc1.[H-].[Na+].c1cc(Sc2ccc(OCC3CO3)cc2)ccc1OCC1CO1. The van der Waals surface area contributed by atoms with E-state index in [1.807, 2.05) is 48.5 Å². The van der Waals surface area contributed by atoms with E-state index in [9.17, 15) is 0 Å². The smallest absolute Gasteiger partial charge is 1.00 e. The van der Waals surface area contributed by atoms with Crippen LogP contribution in [0.2, 0.25) is 0 Å². The normalized spacial score (nSPS) is 18.3. The number of hydrogen-bond donors (Lipinski definition) is 2. The van der Waals surface area contributed by atoms with Crippen molar-refractivity contribution in [2.24, 2.45) is 0 Å². The molecule has 0 bridgehead atoms.